The summed E-state index contributed by atoms with van der Waals surface area (Å²) in [7, 11) is -2.87. The van der Waals surface area contributed by atoms with Crippen molar-refractivity contribution >= 4 is 37.1 Å². The zero-order chi connectivity index (χ0) is 13.3. The van der Waals surface area contributed by atoms with E-state index in [4.69, 9.17) is 5.73 Å². The lowest BCUT2D eigenvalue weighted by Gasteiger charge is -2.24. The average Bonchev–Trinajstić information content (AvgIpc) is 2.45. The number of sulfone groups is 1. The number of halogens is 1. The molecule has 100 valence electrons. The zero-order valence-electron chi connectivity index (χ0n) is 10.3. The van der Waals surface area contributed by atoms with E-state index in [-0.39, 0.29) is 11.5 Å². The predicted octanol–water partition coefficient (Wildman–Crippen LogP) is 1.96. The summed E-state index contributed by atoms with van der Waals surface area (Å²) >= 11 is 3.50. The Labute approximate surface area is 116 Å². The SMILES string of the molecule is Cc1cc(N2CCCS(=O)(=O)CC2)c(Br)cc1N. The molecule has 0 atom stereocenters. The minimum absolute atomic E-state index is 0.225. The summed E-state index contributed by atoms with van der Waals surface area (Å²) in [4.78, 5) is 2.11. The second kappa shape index (κ2) is 5.09. The molecule has 0 saturated carbocycles. The zero-order valence-corrected chi connectivity index (χ0v) is 12.7. The van der Waals surface area contributed by atoms with E-state index in [1.807, 2.05) is 19.1 Å². The van der Waals surface area contributed by atoms with Crippen LogP contribution >= 0.6 is 15.9 Å². The van der Waals surface area contributed by atoms with E-state index >= 15 is 0 Å². The van der Waals surface area contributed by atoms with Gasteiger partial charge in [0.05, 0.1) is 17.2 Å². The van der Waals surface area contributed by atoms with Gasteiger partial charge in [0.15, 0.2) is 9.84 Å². The van der Waals surface area contributed by atoms with Gasteiger partial charge in [0.2, 0.25) is 0 Å². The molecule has 0 radical (unpaired) electrons. The Hall–Kier alpha value is -0.750. The minimum atomic E-state index is -2.87. The van der Waals surface area contributed by atoms with Crippen LogP contribution in [0.4, 0.5) is 11.4 Å². The molecule has 0 spiro atoms. The van der Waals surface area contributed by atoms with E-state index in [9.17, 15) is 8.42 Å². The highest BCUT2D eigenvalue weighted by molar-refractivity contribution is 9.10. The molecule has 0 aromatic heterocycles. The standard InChI is InChI=1S/C12H17BrN2O2S/c1-9-7-12(10(13)8-11(9)14)15-3-2-5-18(16,17)6-4-15/h7-8H,2-6,14H2,1H3. The Balaban J connectivity index is 2.29. The molecule has 0 aliphatic carbocycles. The smallest absolute Gasteiger partial charge is 0.152 e. The molecule has 4 nitrogen and oxygen atoms in total. The van der Waals surface area contributed by atoms with Gasteiger partial charge < -0.3 is 10.6 Å². The number of hydrogen-bond donors (Lipinski definition) is 1. The van der Waals surface area contributed by atoms with Crippen molar-refractivity contribution in [3.05, 3.63) is 22.2 Å². The summed E-state index contributed by atoms with van der Waals surface area (Å²) in [5.74, 6) is 0.512. The number of benzene rings is 1. The summed E-state index contributed by atoms with van der Waals surface area (Å²) in [6, 6.07) is 3.89. The summed E-state index contributed by atoms with van der Waals surface area (Å²) in [6.45, 7) is 3.27. The maximum Gasteiger partial charge on any atom is 0.152 e. The Morgan fingerprint density at radius 1 is 1.28 bits per heavy atom. The first-order chi connectivity index (χ1) is 8.39. The largest absolute Gasteiger partial charge is 0.398 e. The van der Waals surface area contributed by atoms with E-state index in [1.165, 1.54) is 0 Å². The van der Waals surface area contributed by atoms with Crippen molar-refractivity contribution in [2.45, 2.75) is 13.3 Å². The molecule has 2 N–H and O–H groups in total. The lowest BCUT2D eigenvalue weighted by molar-refractivity contribution is 0.597. The van der Waals surface area contributed by atoms with Gasteiger partial charge in [-0.3, -0.25) is 0 Å². The summed E-state index contributed by atoms with van der Waals surface area (Å²) in [5, 5.41) is 0. The number of hydrogen-bond acceptors (Lipinski definition) is 4. The molecule has 2 rings (SSSR count). The minimum Gasteiger partial charge on any atom is -0.398 e. The van der Waals surface area contributed by atoms with Crippen LogP contribution < -0.4 is 10.6 Å². The number of nitrogens with two attached hydrogens (primary N) is 1. The van der Waals surface area contributed by atoms with Crippen LogP contribution in [0.5, 0.6) is 0 Å². The highest BCUT2D eigenvalue weighted by Gasteiger charge is 2.20. The van der Waals surface area contributed by atoms with Crippen LogP contribution in [0.1, 0.15) is 12.0 Å². The molecule has 1 aliphatic rings. The van der Waals surface area contributed by atoms with Crippen molar-refractivity contribution in [1.29, 1.82) is 0 Å². The van der Waals surface area contributed by atoms with Gasteiger partial charge in [-0.15, -0.1) is 0 Å². The van der Waals surface area contributed by atoms with Crippen molar-refractivity contribution < 1.29 is 8.42 Å². The number of nitrogen functional groups attached to an aromatic ring is 1. The van der Waals surface area contributed by atoms with E-state index in [0.29, 0.717) is 13.0 Å². The average molecular weight is 333 g/mol. The molecule has 1 aromatic carbocycles. The third-order valence-electron chi connectivity index (χ3n) is 3.23. The molecular weight excluding hydrogens is 316 g/mol. The van der Waals surface area contributed by atoms with Crippen LogP contribution in [0.25, 0.3) is 0 Å². The second-order valence-electron chi connectivity index (χ2n) is 4.65. The van der Waals surface area contributed by atoms with E-state index in [2.05, 4.69) is 20.8 Å². The number of aryl methyl sites for hydroxylation is 1. The molecule has 18 heavy (non-hydrogen) atoms. The molecule has 0 amide bonds. The lowest BCUT2D eigenvalue weighted by Crippen LogP contribution is -2.27. The van der Waals surface area contributed by atoms with Crippen LogP contribution in [0, 0.1) is 6.92 Å². The molecule has 6 heteroatoms. The summed E-state index contributed by atoms with van der Waals surface area (Å²) in [5.41, 5.74) is 8.63. The van der Waals surface area contributed by atoms with Crippen molar-refractivity contribution in [1.82, 2.24) is 0 Å². The van der Waals surface area contributed by atoms with E-state index in [1.54, 1.807) is 0 Å². The molecular formula is C12H17BrN2O2S. The van der Waals surface area contributed by atoms with Crippen molar-refractivity contribution in [2.75, 3.05) is 35.2 Å². The third kappa shape index (κ3) is 2.98. The Morgan fingerprint density at radius 3 is 2.72 bits per heavy atom. The highest BCUT2D eigenvalue weighted by atomic mass is 79.9. The van der Waals surface area contributed by atoms with Gasteiger partial charge in [-0.25, -0.2) is 8.42 Å². The van der Waals surface area contributed by atoms with Crippen molar-refractivity contribution in [3.8, 4) is 0 Å². The van der Waals surface area contributed by atoms with Crippen LogP contribution in [-0.4, -0.2) is 33.0 Å². The first-order valence-electron chi connectivity index (χ1n) is 5.90. The number of rotatable bonds is 1. The molecule has 0 bridgehead atoms. The summed E-state index contributed by atoms with van der Waals surface area (Å²) < 4.78 is 24.1. The number of anilines is 2. The van der Waals surface area contributed by atoms with Gasteiger partial charge in [-0.05, 0) is 47.0 Å². The third-order valence-corrected chi connectivity index (χ3v) is 5.58. The van der Waals surface area contributed by atoms with Crippen LogP contribution in [0.3, 0.4) is 0 Å². The van der Waals surface area contributed by atoms with Gasteiger partial charge in [0, 0.05) is 23.2 Å². The first kappa shape index (κ1) is 13.7. The fraction of sp³-hybridized carbons (Fsp3) is 0.500. The first-order valence-corrected chi connectivity index (χ1v) is 8.51. The number of nitrogens with zero attached hydrogens (tertiary/aromatic N) is 1. The quantitative estimate of drug-likeness (QED) is 0.798. The van der Waals surface area contributed by atoms with Crippen LogP contribution in [0.2, 0.25) is 0 Å². The van der Waals surface area contributed by atoms with Crippen LogP contribution in [-0.2, 0) is 9.84 Å². The van der Waals surface area contributed by atoms with Crippen molar-refractivity contribution in [3.63, 3.8) is 0 Å². The Bertz CT molecular complexity index is 557. The fourth-order valence-corrected chi connectivity index (χ4v) is 3.99. The van der Waals surface area contributed by atoms with Gasteiger partial charge >= 0.3 is 0 Å². The van der Waals surface area contributed by atoms with Gasteiger partial charge in [-0.2, -0.15) is 0 Å². The monoisotopic (exact) mass is 332 g/mol. The highest BCUT2D eigenvalue weighted by Crippen LogP contribution is 2.31. The lowest BCUT2D eigenvalue weighted by atomic mass is 10.1. The Morgan fingerprint density at radius 2 is 2.00 bits per heavy atom. The fourth-order valence-electron chi connectivity index (χ4n) is 2.10. The Kier molecular flexibility index (Phi) is 3.87. The topological polar surface area (TPSA) is 63.4 Å². The maximum atomic E-state index is 11.6. The van der Waals surface area contributed by atoms with Crippen molar-refractivity contribution in [2.24, 2.45) is 0 Å². The van der Waals surface area contributed by atoms with Crippen LogP contribution in [0.15, 0.2) is 16.6 Å². The normalized spacial score (nSPS) is 19.6. The molecule has 1 saturated heterocycles. The van der Waals surface area contributed by atoms with Gasteiger partial charge in [-0.1, -0.05) is 0 Å². The molecule has 0 unspecified atom stereocenters. The van der Waals surface area contributed by atoms with Gasteiger partial charge in [0.25, 0.3) is 0 Å². The predicted molar refractivity (Wildman–Crippen MR) is 78.8 cm³/mol. The van der Waals surface area contributed by atoms with E-state index < -0.39 is 9.84 Å². The molecule has 1 aliphatic heterocycles. The molecule has 1 heterocycles. The second-order valence-corrected chi connectivity index (χ2v) is 7.81. The molecule has 1 aromatic rings. The maximum absolute atomic E-state index is 11.6. The van der Waals surface area contributed by atoms with E-state index in [0.717, 1.165) is 28.0 Å². The summed E-state index contributed by atoms with van der Waals surface area (Å²) in [6.07, 6.45) is 0.679. The molecule has 1 fully saturated rings. The van der Waals surface area contributed by atoms with Gasteiger partial charge in [0.1, 0.15) is 0 Å².